The lowest BCUT2D eigenvalue weighted by atomic mass is 9.62. The molecule has 0 radical (unpaired) electrons. The van der Waals surface area contributed by atoms with Gasteiger partial charge >= 0.3 is 0 Å². The summed E-state index contributed by atoms with van der Waals surface area (Å²) in [4.78, 5) is 0. The average Bonchev–Trinajstić information content (AvgIpc) is 2.72. The molecule has 0 fully saturated rings. The maximum absolute atomic E-state index is 2.62. The molecule has 244 valence electrons. The minimum atomic E-state index is 0.0262. The molecule has 0 heterocycles. The number of rotatable bonds is 3. The molecule has 0 saturated carbocycles. The molecule has 0 aliphatic rings. The normalized spacial score (nSPS) is 15.2. The van der Waals surface area contributed by atoms with Gasteiger partial charge in [0.2, 0.25) is 0 Å². The van der Waals surface area contributed by atoms with Crippen LogP contribution < -0.4 is 0 Å². The molecule has 0 aromatic heterocycles. The van der Waals surface area contributed by atoms with Crippen LogP contribution in [0.5, 0.6) is 0 Å². The Kier molecular flexibility index (Phi) is 9.93. The van der Waals surface area contributed by atoms with Crippen molar-refractivity contribution in [1.29, 1.82) is 0 Å². The molecule has 1 unspecified atom stereocenters. The molecular formula is C43H72. The van der Waals surface area contributed by atoms with Crippen LogP contribution in [0.15, 0.2) is 18.2 Å². The van der Waals surface area contributed by atoms with E-state index in [4.69, 9.17) is 0 Å². The van der Waals surface area contributed by atoms with Gasteiger partial charge < -0.3 is 0 Å². The molecular weight excluding hydrogens is 516 g/mol. The summed E-state index contributed by atoms with van der Waals surface area (Å²) in [6, 6.07) is 7.59. The van der Waals surface area contributed by atoms with Crippen LogP contribution in [-0.4, -0.2) is 0 Å². The van der Waals surface area contributed by atoms with Crippen molar-refractivity contribution in [2.45, 2.75) is 203 Å². The van der Waals surface area contributed by atoms with Gasteiger partial charge in [-0.15, -0.1) is 0 Å². The molecule has 2 rings (SSSR count). The van der Waals surface area contributed by atoms with Crippen molar-refractivity contribution in [3.63, 3.8) is 0 Å². The van der Waals surface area contributed by atoms with E-state index in [1.807, 2.05) is 0 Å². The van der Waals surface area contributed by atoms with Crippen molar-refractivity contribution in [2.75, 3.05) is 0 Å². The Balaban J connectivity index is 3.16. The summed E-state index contributed by atoms with van der Waals surface area (Å²) in [6.07, 6.45) is 1.05. The largest absolute Gasteiger partial charge is 0.0581 e. The minimum Gasteiger partial charge on any atom is -0.0581 e. The summed E-state index contributed by atoms with van der Waals surface area (Å²) < 4.78 is 0. The monoisotopic (exact) mass is 589 g/mol. The Morgan fingerprint density at radius 1 is 0.395 bits per heavy atom. The van der Waals surface area contributed by atoms with E-state index in [0.29, 0.717) is 5.92 Å². The lowest BCUT2D eigenvalue weighted by Gasteiger charge is -2.42. The van der Waals surface area contributed by atoms with Gasteiger partial charge in [0.25, 0.3) is 0 Å². The van der Waals surface area contributed by atoms with Crippen molar-refractivity contribution in [1.82, 2.24) is 0 Å². The summed E-state index contributed by atoms with van der Waals surface area (Å²) in [7, 11) is 0. The topological polar surface area (TPSA) is 0 Å². The lowest BCUT2D eigenvalue weighted by Crippen LogP contribution is -2.33. The standard InChI is InChI=1S/C43H72/c1-27(28-23-24-30(37(2,3)4)35(42(17,18)19)33(28)40(11,12)13)25-29-31(38(5,6)7)26-32(39(8,9)10)36(43(20,21)22)34(29)41(14,15)16/h23-24,26-27H,25H2,1-22H3. The number of hydrogen-bond donors (Lipinski definition) is 0. The highest BCUT2D eigenvalue weighted by Crippen LogP contribution is 2.49. The van der Waals surface area contributed by atoms with Crippen LogP contribution in [-0.2, 0) is 44.3 Å². The summed E-state index contributed by atoms with van der Waals surface area (Å²) in [5, 5.41) is 0. The molecule has 2 aromatic carbocycles. The van der Waals surface area contributed by atoms with E-state index in [0.717, 1.165) is 6.42 Å². The van der Waals surface area contributed by atoms with Gasteiger partial charge in [0.15, 0.2) is 0 Å². The maximum Gasteiger partial charge on any atom is -0.0126 e. The third-order valence-corrected chi connectivity index (χ3v) is 9.14. The summed E-state index contributed by atoms with van der Waals surface area (Å²) in [6.45, 7) is 53.2. The second-order valence-corrected chi connectivity index (χ2v) is 21.0. The smallest absolute Gasteiger partial charge is 0.0126 e. The third kappa shape index (κ3) is 8.19. The first-order chi connectivity index (χ1) is 18.7. The molecule has 0 spiro atoms. The molecule has 0 N–H and O–H groups in total. The van der Waals surface area contributed by atoms with Gasteiger partial charge in [-0.2, -0.15) is 0 Å². The third-order valence-electron chi connectivity index (χ3n) is 9.14. The predicted molar refractivity (Wildman–Crippen MR) is 196 cm³/mol. The van der Waals surface area contributed by atoms with Gasteiger partial charge in [0.1, 0.15) is 0 Å². The van der Waals surface area contributed by atoms with E-state index < -0.39 is 0 Å². The number of hydrogen-bond acceptors (Lipinski definition) is 0. The fourth-order valence-corrected chi connectivity index (χ4v) is 7.46. The van der Waals surface area contributed by atoms with Crippen molar-refractivity contribution in [3.05, 3.63) is 68.3 Å². The Morgan fingerprint density at radius 2 is 0.744 bits per heavy atom. The van der Waals surface area contributed by atoms with Gasteiger partial charge in [-0.1, -0.05) is 171 Å². The van der Waals surface area contributed by atoms with E-state index >= 15 is 0 Å². The highest BCUT2D eigenvalue weighted by atomic mass is 14.4. The first kappa shape index (κ1) is 37.6. The summed E-state index contributed by atoms with van der Waals surface area (Å²) in [5.41, 5.74) is 14.3. The Hall–Kier alpha value is -1.56. The van der Waals surface area contributed by atoms with E-state index in [1.54, 1.807) is 27.8 Å². The zero-order valence-electron chi connectivity index (χ0n) is 33.0. The van der Waals surface area contributed by atoms with Crippen LogP contribution in [0.4, 0.5) is 0 Å². The van der Waals surface area contributed by atoms with E-state index in [-0.39, 0.29) is 37.9 Å². The van der Waals surface area contributed by atoms with Crippen molar-refractivity contribution in [3.8, 4) is 0 Å². The molecule has 0 saturated heterocycles. The highest BCUT2D eigenvalue weighted by Gasteiger charge is 2.39. The molecule has 43 heavy (non-hydrogen) atoms. The molecule has 1 atom stereocenters. The molecule has 0 bridgehead atoms. The van der Waals surface area contributed by atoms with Gasteiger partial charge in [-0.3, -0.25) is 0 Å². The first-order valence-corrected chi connectivity index (χ1v) is 17.1. The van der Waals surface area contributed by atoms with Crippen LogP contribution in [0.1, 0.15) is 208 Å². The lowest BCUT2D eigenvalue weighted by molar-refractivity contribution is 0.478. The van der Waals surface area contributed by atoms with E-state index in [1.165, 1.54) is 22.3 Å². The molecule has 2 aromatic rings. The Bertz CT molecular complexity index is 1290. The number of benzene rings is 2. The van der Waals surface area contributed by atoms with Crippen LogP contribution in [0.3, 0.4) is 0 Å². The fraction of sp³-hybridized carbons (Fsp3) is 0.721. The van der Waals surface area contributed by atoms with Crippen LogP contribution >= 0.6 is 0 Å². The minimum absolute atomic E-state index is 0.0262. The summed E-state index contributed by atoms with van der Waals surface area (Å²) in [5.74, 6) is 0.389. The average molecular weight is 589 g/mol. The van der Waals surface area contributed by atoms with Gasteiger partial charge in [0.05, 0.1) is 0 Å². The molecule has 0 amide bonds. The zero-order chi connectivity index (χ0) is 34.1. The maximum atomic E-state index is 2.62. The van der Waals surface area contributed by atoms with Crippen molar-refractivity contribution in [2.24, 2.45) is 0 Å². The quantitative estimate of drug-likeness (QED) is 0.334. The molecule has 0 nitrogen and oxygen atoms in total. The van der Waals surface area contributed by atoms with Gasteiger partial charge in [-0.05, 0) is 100 Å². The van der Waals surface area contributed by atoms with Gasteiger partial charge in [-0.25, -0.2) is 0 Å². The van der Waals surface area contributed by atoms with Crippen LogP contribution in [0.25, 0.3) is 0 Å². The van der Waals surface area contributed by atoms with Crippen molar-refractivity contribution < 1.29 is 0 Å². The fourth-order valence-electron chi connectivity index (χ4n) is 7.46. The van der Waals surface area contributed by atoms with E-state index in [2.05, 4.69) is 171 Å². The van der Waals surface area contributed by atoms with Crippen molar-refractivity contribution >= 4 is 0 Å². The Labute approximate surface area is 270 Å². The van der Waals surface area contributed by atoms with E-state index in [9.17, 15) is 0 Å². The molecule has 0 aliphatic carbocycles. The molecule has 0 heteroatoms. The zero-order valence-corrected chi connectivity index (χ0v) is 33.0. The Morgan fingerprint density at radius 3 is 1.07 bits per heavy atom. The second kappa shape index (κ2) is 11.4. The van der Waals surface area contributed by atoms with Gasteiger partial charge in [0, 0.05) is 0 Å². The van der Waals surface area contributed by atoms with Crippen LogP contribution in [0.2, 0.25) is 0 Å². The predicted octanol–water partition coefficient (Wildman–Crippen LogP) is 13.1. The molecule has 0 aliphatic heterocycles. The summed E-state index contributed by atoms with van der Waals surface area (Å²) >= 11 is 0. The first-order valence-electron chi connectivity index (χ1n) is 17.1. The van der Waals surface area contributed by atoms with Crippen LogP contribution in [0, 0.1) is 0 Å². The second-order valence-electron chi connectivity index (χ2n) is 21.0. The SMILES string of the molecule is CC(Cc1c(C(C)(C)C)cc(C(C)(C)C)c(C(C)(C)C)c1C(C)(C)C)c1ccc(C(C)(C)C)c(C(C)(C)C)c1C(C)(C)C. The highest BCUT2D eigenvalue weighted by molar-refractivity contribution is 5.57.